The maximum Gasteiger partial charge on any atom is 0.181 e. The van der Waals surface area contributed by atoms with Crippen LogP contribution in [-0.2, 0) is 6.42 Å². The highest BCUT2D eigenvalue weighted by molar-refractivity contribution is 6.32. The fourth-order valence-corrected chi connectivity index (χ4v) is 1.63. The minimum absolute atomic E-state index is 0.0261. The Bertz CT molecular complexity index is 398. The van der Waals surface area contributed by atoms with Gasteiger partial charge in [-0.05, 0) is 31.9 Å². The van der Waals surface area contributed by atoms with E-state index in [4.69, 9.17) is 27.3 Å². The Morgan fingerprint density at radius 3 is 2.75 bits per heavy atom. The molecule has 4 heteroatoms. The highest BCUT2D eigenvalue weighted by Crippen LogP contribution is 2.30. The molecule has 0 saturated carbocycles. The summed E-state index contributed by atoms with van der Waals surface area (Å²) >= 11 is 6.04. The van der Waals surface area contributed by atoms with E-state index in [9.17, 15) is 0 Å². The SMILES string of the molecule is CC(N)Cc1cccc(Cl)c1OC(C)C#N. The van der Waals surface area contributed by atoms with Gasteiger partial charge in [0.2, 0.25) is 0 Å². The number of rotatable bonds is 4. The van der Waals surface area contributed by atoms with Crippen molar-refractivity contribution in [3.8, 4) is 11.8 Å². The molecule has 2 N–H and O–H groups in total. The summed E-state index contributed by atoms with van der Waals surface area (Å²) in [4.78, 5) is 0. The summed E-state index contributed by atoms with van der Waals surface area (Å²) in [5.41, 5.74) is 6.68. The van der Waals surface area contributed by atoms with Gasteiger partial charge < -0.3 is 10.5 Å². The molecule has 0 saturated heterocycles. The molecule has 0 bridgehead atoms. The van der Waals surface area contributed by atoms with Gasteiger partial charge >= 0.3 is 0 Å². The van der Waals surface area contributed by atoms with Crippen LogP contribution in [0, 0.1) is 11.3 Å². The van der Waals surface area contributed by atoms with Gasteiger partial charge in [0, 0.05) is 6.04 Å². The van der Waals surface area contributed by atoms with Gasteiger partial charge in [0.1, 0.15) is 11.8 Å². The summed E-state index contributed by atoms with van der Waals surface area (Å²) in [7, 11) is 0. The Balaban J connectivity index is 2.99. The average molecular weight is 239 g/mol. The third kappa shape index (κ3) is 3.41. The van der Waals surface area contributed by atoms with Crippen LogP contribution in [0.2, 0.25) is 5.02 Å². The number of nitrogens with two attached hydrogens (primary N) is 1. The van der Waals surface area contributed by atoms with Crippen molar-refractivity contribution in [2.45, 2.75) is 32.4 Å². The number of benzene rings is 1. The molecule has 0 aromatic heterocycles. The van der Waals surface area contributed by atoms with Crippen molar-refractivity contribution in [1.29, 1.82) is 5.26 Å². The van der Waals surface area contributed by atoms with Crippen LogP contribution < -0.4 is 10.5 Å². The van der Waals surface area contributed by atoms with E-state index in [1.807, 2.05) is 25.1 Å². The van der Waals surface area contributed by atoms with E-state index in [0.717, 1.165) is 5.56 Å². The van der Waals surface area contributed by atoms with Crippen molar-refractivity contribution in [2.75, 3.05) is 0 Å². The average Bonchev–Trinajstić information content (AvgIpc) is 2.22. The summed E-state index contributed by atoms with van der Waals surface area (Å²) in [5, 5.41) is 9.23. The first-order valence-electron chi connectivity index (χ1n) is 5.13. The lowest BCUT2D eigenvalue weighted by Crippen LogP contribution is -2.19. The molecular formula is C12H15ClN2O. The van der Waals surface area contributed by atoms with E-state index in [-0.39, 0.29) is 6.04 Å². The predicted octanol–water partition coefficient (Wildman–Crippen LogP) is 2.52. The van der Waals surface area contributed by atoms with Gasteiger partial charge in [-0.15, -0.1) is 0 Å². The summed E-state index contributed by atoms with van der Waals surface area (Å²) in [6.45, 7) is 3.59. The van der Waals surface area contributed by atoms with Gasteiger partial charge in [-0.2, -0.15) is 5.26 Å². The Labute approximate surface area is 101 Å². The highest BCUT2D eigenvalue weighted by Gasteiger charge is 2.12. The van der Waals surface area contributed by atoms with Crippen molar-refractivity contribution in [3.63, 3.8) is 0 Å². The zero-order valence-corrected chi connectivity index (χ0v) is 10.2. The zero-order valence-electron chi connectivity index (χ0n) is 9.40. The van der Waals surface area contributed by atoms with E-state index in [0.29, 0.717) is 17.2 Å². The second-order valence-corrected chi connectivity index (χ2v) is 4.21. The number of ether oxygens (including phenoxy) is 1. The number of para-hydroxylation sites is 1. The molecule has 2 unspecified atom stereocenters. The van der Waals surface area contributed by atoms with Crippen molar-refractivity contribution in [2.24, 2.45) is 5.73 Å². The number of halogens is 1. The molecule has 1 aromatic rings. The van der Waals surface area contributed by atoms with E-state index < -0.39 is 6.10 Å². The van der Waals surface area contributed by atoms with Gasteiger partial charge in [-0.3, -0.25) is 0 Å². The molecule has 1 aromatic carbocycles. The molecule has 0 spiro atoms. The molecule has 0 heterocycles. The van der Waals surface area contributed by atoms with Crippen LogP contribution in [0.3, 0.4) is 0 Å². The van der Waals surface area contributed by atoms with E-state index in [1.165, 1.54) is 0 Å². The molecule has 1 rings (SSSR count). The molecule has 0 radical (unpaired) electrons. The molecule has 2 atom stereocenters. The number of hydrogen-bond donors (Lipinski definition) is 1. The van der Waals surface area contributed by atoms with Gasteiger partial charge in [0.05, 0.1) is 5.02 Å². The van der Waals surface area contributed by atoms with Gasteiger partial charge in [-0.1, -0.05) is 23.7 Å². The lowest BCUT2D eigenvalue weighted by Gasteiger charge is -2.15. The number of nitrogens with zero attached hydrogens (tertiary/aromatic N) is 1. The second-order valence-electron chi connectivity index (χ2n) is 3.80. The van der Waals surface area contributed by atoms with Gasteiger partial charge in [-0.25, -0.2) is 0 Å². The topological polar surface area (TPSA) is 59.0 Å². The Morgan fingerprint density at radius 2 is 2.19 bits per heavy atom. The van der Waals surface area contributed by atoms with E-state index in [2.05, 4.69) is 0 Å². The van der Waals surface area contributed by atoms with Gasteiger partial charge in [0.25, 0.3) is 0 Å². The van der Waals surface area contributed by atoms with Crippen molar-refractivity contribution in [1.82, 2.24) is 0 Å². The Morgan fingerprint density at radius 1 is 1.50 bits per heavy atom. The van der Waals surface area contributed by atoms with Crippen LogP contribution in [0.15, 0.2) is 18.2 Å². The monoisotopic (exact) mass is 238 g/mol. The summed E-state index contributed by atoms with van der Waals surface area (Å²) in [6.07, 6.45) is 0.153. The lowest BCUT2D eigenvalue weighted by molar-refractivity contribution is 0.273. The summed E-state index contributed by atoms with van der Waals surface area (Å²) < 4.78 is 5.48. The molecule has 0 aliphatic heterocycles. The molecular weight excluding hydrogens is 224 g/mol. The summed E-state index contributed by atoms with van der Waals surface area (Å²) in [6, 6.07) is 7.54. The predicted molar refractivity (Wildman–Crippen MR) is 64.5 cm³/mol. The number of hydrogen-bond acceptors (Lipinski definition) is 3. The van der Waals surface area contributed by atoms with E-state index >= 15 is 0 Å². The van der Waals surface area contributed by atoms with Crippen LogP contribution in [0.1, 0.15) is 19.4 Å². The molecule has 0 fully saturated rings. The van der Waals surface area contributed by atoms with Crippen molar-refractivity contribution in [3.05, 3.63) is 28.8 Å². The first kappa shape index (κ1) is 12.8. The van der Waals surface area contributed by atoms with Crippen molar-refractivity contribution >= 4 is 11.6 Å². The third-order valence-corrected chi connectivity index (χ3v) is 2.36. The van der Waals surface area contributed by atoms with Crippen LogP contribution in [0.5, 0.6) is 5.75 Å². The first-order valence-corrected chi connectivity index (χ1v) is 5.51. The van der Waals surface area contributed by atoms with Crippen LogP contribution >= 0.6 is 11.6 Å². The normalized spacial score (nSPS) is 13.9. The minimum Gasteiger partial charge on any atom is -0.474 e. The van der Waals surface area contributed by atoms with Crippen LogP contribution in [0.4, 0.5) is 0 Å². The Hall–Kier alpha value is -1.24. The fraction of sp³-hybridized carbons (Fsp3) is 0.417. The maximum absolute atomic E-state index is 8.72. The highest BCUT2D eigenvalue weighted by atomic mass is 35.5. The zero-order chi connectivity index (χ0) is 12.1. The molecule has 86 valence electrons. The van der Waals surface area contributed by atoms with Crippen LogP contribution in [-0.4, -0.2) is 12.1 Å². The molecule has 3 nitrogen and oxygen atoms in total. The van der Waals surface area contributed by atoms with Crippen molar-refractivity contribution < 1.29 is 4.74 Å². The lowest BCUT2D eigenvalue weighted by atomic mass is 10.1. The van der Waals surface area contributed by atoms with E-state index in [1.54, 1.807) is 13.0 Å². The Kier molecular flexibility index (Phi) is 4.60. The standard InChI is InChI=1S/C12H15ClN2O/c1-8(15)6-10-4-3-5-11(13)12(10)16-9(2)7-14/h3-5,8-9H,6,15H2,1-2H3. The molecule has 16 heavy (non-hydrogen) atoms. The van der Waals surface area contributed by atoms with Crippen LogP contribution in [0.25, 0.3) is 0 Å². The first-order chi connectivity index (χ1) is 7.54. The molecule has 0 aliphatic carbocycles. The largest absolute Gasteiger partial charge is 0.474 e. The maximum atomic E-state index is 8.72. The molecule has 0 aliphatic rings. The quantitative estimate of drug-likeness (QED) is 0.877. The summed E-state index contributed by atoms with van der Waals surface area (Å²) in [5.74, 6) is 0.565. The smallest absolute Gasteiger partial charge is 0.181 e. The molecule has 0 amide bonds. The number of nitriles is 1. The second kappa shape index (κ2) is 5.74. The third-order valence-electron chi connectivity index (χ3n) is 2.07. The minimum atomic E-state index is -0.522. The fourth-order valence-electron chi connectivity index (χ4n) is 1.40. The van der Waals surface area contributed by atoms with Gasteiger partial charge in [0.15, 0.2) is 6.10 Å².